The van der Waals surface area contributed by atoms with E-state index in [2.05, 4.69) is 25.1 Å². The van der Waals surface area contributed by atoms with Crippen molar-refractivity contribution >= 4 is 23.3 Å². The molecule has 1 aromatic heterocycles. The van der Waals surface area contributed by atoms with E-state index in [1.54, 1.807) is 0 Å². The summed E-state index contributed by atoms with van der Waals surface area (Å²) in [7, 11) is 0. The molecule has 41 heavy (non-hydrogen) atoms. The number of amides is 2. The number of fused-ring (bicyclic) bond motifs is 1. The van der Waals surface area contributed by atoms with Crippen LogP contribution in [0.15, 0.2) is 35.5 Å². The molecule has 8 nitrogen and oxygen atoms in total. The number of carbonyl (C=O) groups excluding carboxylic acids is 2. The third kappa shape index (κ3) is 7.15. The van der Waals surface area contributed by atoms with E-state index in [1.807, 2.05) is 58.2 Å². The number of pyridine rings is 1. The van der Waals surface area contributed by atoms with Gasteiger partial charge in [-0.2, -0.15) is 4.99 Å². The average Bonchev–Trinajstić information content (AvgIpc) is 3.31. The second-order valence-electron chi connectivity index (χ2n) is 12.2. The monoisotopic (exact) mass is 559 g/mol. The highest BCUT2D eigenvalue weighted by Gasteiger charge is 2.36. The fraction of sp³-hybridized carbons (Fsp3) is 0.576. The summed E-state index contributed by atoms with van der Waals surface area (Å²) in [4.78, 5) is 40.0. The largest absolute Gasteiger partial charge is 0.476 e. The van der Waals surface area contributed by atoms with Crippen LogP contribution >= 0.6 is 0 Å². The van der Waals surface area contributed by atoms with Crippen LogP contribution in [0.3, 0.4) is 0 Å². The van der Waals surface area contributed by atoms with Crippen molar-refractivity contribution in [2.45, 2.75) is 91.1 Å². The van der Waals surface area contributed by atoms with Gasteiger partial charge in [-0.15, -0.1) is 0 Å². The van der Waals surface area contributed by atoms with Gasteiger partial charge in [-0.3, -0.25) is 14.5 Å². The normalized spacial score (nSPS) is 22.2. The lowest BCUT2D eigenvalue weighted by Gasteiger charge is -2.36. The van der Waals surface area contributed by atoms with E-state index in [4.69, 9.17) is 4.74 Å². The zero-order chi connectivity index (χ0) is 28.9. The van der Waals surface area contributed by atoms with Gasteiger partial charge in [-0.25, -0.2) is 4.98 Å². The SMILES string of the molecule is Cc1ccc(C(=O)N=C2Cc3cnc(OCCN4CCCCC4)cc3N2C2CCC(C(=O)NC(C)C)CC2)cc1C. The Kier molecular flexibility index (Phi) is 9.38. The van der Waals surface area contributed by atoms with Gasteiger partial charge in [-0.1, -0.05) is 12.5 Å². The molecular weight excluding hydrogens is 514 g/mol. The number of anilines is 1. The highest BCUT2D eigenvalue weighted by Crippen LogP contribution is 2.38. The molecule has 220 valence electrons. The third-order valence-corrected chi connectivity index (χ3v) is 8.78. The molecule has 3 heterocycles. The van der Waals surface area contributed by atoms with Crippen molar-refractivity contribution in [1.29, 1.82) is 0 Å². The van der Waals surface area contributed by atoms with E-state index < -0.39 is 0 Å². The maximum Gasteiger partial charge on any atom is 0.278 e. The molecule has 2 aromatic rings. The van der Waals surface area contributed by atoms with Crippen molar-refractivity contribution in [2.24, 2.45) is 10.9 Å². The maximum absolute atomic E-state index is 13.3. The molecule has 8 heteroatoms. The van der Waals surface area contributed by atoms with Gasteiger partial charge in [0.15, 0.2) is 0 Å². The molecule has 1 saturated carbocycles. The molecule has 0 spiro atoms. The minimum Gasteiger partial charge on any atom is -0.476 e. The quantitative estimate of drug-likeness (QED) is 0.476. The minimum atomic E-state index is -0.225. The van der Waals surface area contributed by atoms with E-state index in [9.17, 15) is 9.59 Å². The first-order chi connectivity index (χ1) is 19.8. The van der Waals surface area contributed by atoms with Crippen LogP contribution in [-0.4, -0.2) is 65.9 Å². The molecule has 2 amide bonds. The first-order valence-corrected chi connectivity index (χ1v) is 15.4. The Hall–Kier alpha value is -3.26. The molecule has 2 aliphatic heterocycles. The predicted molar refractivity (Wildman–Crippen MR) is 163 cm³/mol. The zero-order valence-corrected chi connectivity index (χ0v) is 25.1. The number of hydrogen-bond acceptors (Lipinski definition) is 5. The van der Waals surface area contributed by atoms with Crippen molar-refractivity contribution < 1.29 is 14.3 Å². The molecule has 1 aliphatic carbocycles. The fourth-order valence-electron chi connectivity index (χ4n) is 6.31. The number of carbonyl (C=O) groups is 2. The molecule has 0 radical (unpaired) electrons. The number of ether oxygens (including phenoxy) is 1. The number of aromatic nitrogens is 1. The number of nitrogens with one attached hydrogen (secondary N) is 1. The number of benzene rings is 1. The number of aryl methyl sites for hydroxylation is 2. The van der Waals surface area contributed by atoms with E-state index >= 15 is 0 Å². The lowest BCUT2D eigenvalue weighted by atomic mass is 9.84. The number of amidine groups is 1. The molecule has 1 aromatic carbocycles. The molecule has 1 saturated heterocycles. The molecule has 3 aliphatic rings. The Morgan fingerprint density at radius 1 is 1.05 bits per heavy atom. The van der Waals surface area contributed by atoms with Gasteiger partial charge >= 0.3 is 0 Å². The predicted octanol–water partition coefficient (Wildman–Crippen LogP) is 5.25. The molecule has 0 atom stereocenters. The number of nitrogens with zero attached hydrogens (tertiary/aromatic N) is 4. The lowest BCUT2D eigenvalue weighted by Crippen LogP contribution is -2.44. The summed E-state index contributed by atoms with van der Waals surface area (Å²) in [5, 5.41) is 3.08. The third-order valence-electron chi connectivity index (χ3n) is 8.78. The van der Waals surface area contributed by atoms with Gasteiger partial charge < -0.3 is 15.0 Å². The summed E-state index contributed by atoms with van der Waals surface area (Å²) >= 11 is 0. The maximum atomic E-state index is 13.3. The molecule has 0 bridgehead atoms. The second-order valence-corrected chi connectivity index (χ2v) is 12.2. The Balaban J connectivity index is 1.35. The van der Waals surface area contributed by atoms with Gasteiger partial charge in [-0.05, 0) is 103 Å². The van der Waals surface area contributed by atoms with Gasteiger partial charge in [0.2, 0.25) is 11.8 Å². The Morgan fingerprint density at radius 3 is 2.51 bits per heavy atom. The molecular formula is C33H45N5O3. The zero-order valence-electron chi connectivity index (χ0n) is 25.1. The summed E-state index contributed by atoms with van der Waals surface area (Å²) in [6.07, 6.45) is 9.63. The van der Waals surface area contributed by atoms with Crippen LogP contribution in [0.4, 0.5) is 5.69 Å². The van der Waals surface area contributed by atoms with Crippen LogP contribution in [0.5, 0.6) is 5.88 Å². The molecule has 1 N–H and O–H groups in total. The van der Waals surface area contributed by atoms with Crippen molar-refractivity contribution in [1.82, 2.24) is 15.2 Å². The standard InChI is InChI=1S/C33H45N5O3/c1-22(2)35-32(39)25-10-12-28(13-11-25)38-29-20-31(41-17-16-37-14-6-5-7-15-37)34-21-27(29)19-30(38)36-33(40)26-9-8-23(3)24(4)18-26/h8-9,18,20-22,25,28H,5-7,10-17,19H2,1-4H3,(H,35,39). The number of hydrogen-bond donors (Lipinski definition) is 1. The van der Waals surface area contributed by atoms with E-state index in [0.29, 0.717) is 24.5 Å². The van der Waals surface area contributed by atoms with Crippen LogP contribution in [-0.2, 0) is 11.2 Å². The highest BCUT2D eigenvalue weighted by atomic mass is 16.5. The fourth-order valence-corrected chi connectivity index (χ4v) is 6.31. The van der Waals surface area contributed by atoms with Crippen LogP contribution in [0, 0.1) is 19.8 Å². The number of rotatable bonds is 8. The molecule has 0 unspecified atom stereocenters. The summed E-state index contributed by atoms with van der Waals surface area (Å²) in [5.74, 6) is 1.31. The van der Waals surface area contributed by atoms with Crippen molar-refractivity contribution in [3.05, 3.63) is 52.7 Å². The summed E-state index contributed by atoms with van der Waals surface area (Å²) in [6.45, 7) is 11.9. The van der Waals surface area contributed by atoms with E-state index in [0.717, 1.165) is 73.5 Å². The van der Waals surface area contributed by atoms with Crippen molar-refractivity contribution in [3.63, 3.8) is 0 Å². The average molecular weight is 560 g/mol. The van der Waals surface area contributed by atoms with Gasteiger partial charge in [0, 0.05) is 54.4 Å². The topological polar surface area (TPSA) is 87.1 Å². The van der Waals surface area contributed by atoms with Crippen LogP contribution in [0.2, 0.25) is 0 Å². The lowest BCUT2D eigenvalue weighted by molar-refractivity contribution is -0.126. The molecule has 2 fully saturated rings. The van der Waals surface area contributed by atoms with Gasteiger partial charge in [0.05, 0.1) is 5.69 Å². The van der Waals surface area contributed by atoms with Crippen LogP contribution in [0.25, 0.3) is 0 Å². The first-order valence-electron chi connectivity index (χ1n) is 15.4. The van der Waals surface area contributed by atoms with E-state index in [-0.39, 0.29) is 29.8 Å². The first kappa shape index (κ1) is 29.2. The summed E-state index contributed by atoms with van der Waals surface area (Å²) in [5.41, 5.74) is 4.91. The number of piperidine rings is 1. The van der Waals surface area contributed by atoms with Crippen molar-refractivity contribution in [2.75, 3.05) is 31.1 Å². The Labute approximate surface area is 244 Å². The molecule has 5 rings (SSSR count). The highest BCUT2D eigenvalue weighted by molar-refractivity contribution is 6.12. The smallest absolute Gasteiger partial charge is 0.278 e. The summed E-state index contributed by atoms with van der Waals surface area (Å²) in [6, 6.07) is 8.07. The Morgan fingerprint density at radius 2 is 1.80 bits per heavy atom. The van der Waals surface area contributed by atoms with E-state index in [1.165, 1.54) is 19.3 Å². The van der Waals surface area contributed by atoms with Gasteiger partial charge in [0.1, 0.15) is 12.4 Å². The second kappa shape index (κ2) is 13.1. The van der Waals surface area contributed by atoms with Gasteiger partial charge in [0.25, 0.3) is 5.91 Å². The summed E-state index contributed by atoms with van der Waals surface area (Å²) < 4.78 is 6.13. The number of likely N-dealkylation sites (tertiary alicyclic amines) is 1. The Bertz CT molecular complexity index is 1280. The van der Waals surface area contributed by atoms with Crippen LogP contribution < -0.4 is 15.0 Å². The van der Waals surface area contributed by atoms with Crippen molar-refractivity contribution in [3.8, 4) is 5.88 Å². The van der Waals surface area contributed by atoms with Crippen LogP contribution in [0.1, 0.15) is 85.8 Å². The minimum absolute atomic E-state index is 0.0272. The number of aliphatic imine (C=N–C) groups is 1.